The van der Waals surface area contributed by atoms with Crippen LogP contribution in [0.25, 0.3) is 0 Å². The molecule has 2 amide bonds. The molecule has 6 atom stereocenters. The normalized spacial score (nSPS) is 33.5. The van der Waals surface area contributed by atoms with E-state index in [0.717, 1.165) is 0 Å². The maximum atomic E-state index is 13.2. The Balaban J connectivity index is 1.26. The highest BCUT2D eigenvalue weighted by Crippen LogP contribution is 2.65. The molecule has 29 heavy (non-hydrogen) atoms. The summed E-state index contributed by atoms with van der Waals surface area (Å²) in [4.78, 5) is 27.8. The molecular weight excluding hydrogens is 366 g/mol. The van der Waals surface area contributed by atoms with Crippen LogP contribution in [-0.2, 0) is 9.59 Å². The van der Waals surface area contributed by atoms with Crippen molar-refractivity contribution in [1.29, 1.82) is 0 Å². The molecule has 0 spiro atoms. The maximum Gasteiger partial charge on any atom is 0.238 e. The minimum Gasteiger partial charge on any atom is -0.493 e. The van der Waals surface area contributed by atoms with Crippen LogP contribution in [0, 0.1) is 35.5 Å². The summed E-state index contributed by atoms with van der Waals surface area (Å²) < 4.78 is 11.2. The number of methoxy groups -OCH3 is 1. The van der Waals surface area contributed by atoms with Gasteiger partial charge in [0.05, 0.1) is 24.6 Å². The first-order valence-corrected chi connectivity index (χ1v) is 10.1. The average Bonchev–Trinajstić information content (AvgIpc) is 3.53. The summed E-state index contributed by atoms with van der Waals surface area (Å²) in [5.74, 6) is 3.16. The molecule has 5 heteroatoms. The fourth-order valence-electron chi connectivity index (χ4n) is 5.70. The Morgan fingerprint density at radius 1 is 0.828 bits per heavy atom. The fourth-order valence-corrected chi connectivity index (χ4v) is 5.70. The van der Waals surface area contributed by atoms with Gasteiger partial charge < -0.3 is 9.47 Å². The number of allylic oxidation sites excluding steroid dienone is 2. The molecule has 2 bridgehead atoms. The topological polar surface area (TPSA) is 55.8 Å². The molecule has 2 saturated carbocycles. The number of nitrogens with zero attached hydrogens (tertiary/aromatic N) is 1. The molecule has 5 nitrogen and oxygen atoms in total. The van der Waals surface area contributed by atoms with E-state index in [1.807, 2.05) is 24.3 Å². The summed E-state index contributed by atoms with van der Waals surface area (Å²) in [6.07, 6.45) is 5.56. The van der Waals surface area contributed by atoms with E-state index < -0.39 is 0 Å². The van der Waals surface area contributed by atoms with Crippen LogP contribution in [-0.4, -0.2) is 18.9 Å². The van der Waals surface area contributed by atoms with Crippen molar-refractivity contribution in [2.24, 2.45) is 35.5 Å². The molecule has 4 aliphatic carbocycles. The molecule has 0 unspecified atom stereocenters. The van der Waals surface area contributed by atoms with Crippen molar-refractivity contribution in [2.75, 3.05) is 12.0 Å². The third kappa shape index (κ3) is 2.33. The molecule has 2 aromatic rings. The number of para-hydroxylation sites is 2. The van der Waals surface area contributed by atoms with Crippen LogP contribution in [0.15, 0.2) is 60.7 Å². The number of hydrogen-bond acceptors (Lipinski definition) is 4. The van der Waals surface area contributed by atoms with Gasteiger partial charge in [-0.15, -0.1) is 0 Å². The maximum absolute atomic E-state index is 13.2. The van der Waals surface area contributed by atoms with Crippen LogP contribution in [0.5, 0.6) is 17.2 Å². The Kier molecular flexibility index (Phi) is 3.46. The Hall–Kier alpha value is -3.08. The van der Waals surface area contributed by atoms with Gasteiger partial charge in [-0.1, -0.05) is 24.3 Å². The van der Waals surface area contributed by atoms with Gasteiger partial charge in [0.25, 0.3) is 0 Å². The molecule has 1 heterocycles. The highest BCUT2D eigenvalue weighted by atomic mass is 16.5. The quantitative estimate of drug-likeness (QED) is 0.587. The first-order valence-electron chi connectivity index (χ1n) is 10.1. The predicted octanol–water partition coefficient (Wildman–Crippen LogP) is 4.05. The zero-order valence-corrected chi connectivity index (χ0v) is 16.0. The Morgan fingerprint density at radius 3 is 2.00 bits per heavy atom. The van der Waals surface area contributed by atoms with Crippen LogP contribution in [0.4, 0.5) is 5.69 Å². The SMILES string of the molecule is COc1ccccc1Oc1ccc(N2C(=O)[C@@H]3[C@H]4C=C[C@H]([C@H]5C[C@@H]45)[C@@H]3C2=O)cc1. The summed E-state index contributed by atoms with van der Waals surface area (Å²) in [5.41, 5.74) is 0.620. The molecule has 0 radical (unpaired) electrons. The highest BCUT2D eigenvalue weighted by molar-refractivity contribution is 6.22. The Morgan fingerprint density at radius 2 is 1.41 bits per heavy atom. The minimum absolute atomic E-state index is 0.0388. The van der Waals surface area contributed by atoms with Gasteiger partial charge in [0.1, 0.15) is 5.75 Å². The number of ether oxygens (including phenoxy) is 2. The van der Waals surface area contributed by atoms with Crippen molar-refractivity contribution in [2.45, 2.75) is 6.42 Å². The number of imide groups is 1. The zero-order valence-electron chi connectivity index (χ0n) is 16.0. The van der Waals surface area contributed by atoms with Crippen LogP contribution in [0.3, 0.4) is 0 Å². The van der Waals surface area contributed by atoms with Crippen molar-refractivity contribution in [3.05, 3.63) is 60.7 Å². The zero-order chi connectivity index (χ0) is 19.7. The van der Waals surface area contributed by atoms with E-state index in [0.29, 0.717) is 34.8 Å². The second-order valence-electron chi connectivity index (χ2n) is 8.41. The smallest absolute Gasteiger partial charge is 0.238 e. The number of anilines is 1. The van der Waals surface area contributed by atoms with E-state index in [4.69, 9.17) is 9.47 Å². The molecule has 0 N–H and O–H groups in total. The molecule has 3 fully saturated rings. The van der Waals surface area contributed by atoms with Crippen LogP contribution >= 0.6 is 0 Å². The third-order valence-electron chi connectivity index (χ3n) is 7.05. The van der Waals surface area contributed by atoms with Crippen LogP contribution < -0.4 is 14.4 Å². The lowest BCUT2D eigenvalue weighted by atomic mass is 9.63. The first-order chi connectivity index (χ1) is 14.2. The van der Waals surface area contributed by atoms with Gasteiger partial charge in [0, 0.05) is 0 Å². The molecule has 146 valence electrons. The lowest BCUT2D eigenvalue weighted by molar-refractivity contribution is -0.124. The van der Waals surface area contributed by atoms with E-state index >= 15 is 0 Å². The number of carbonyl (C=O) groups is 2. The predicted molar refractivity (Wildman–Crippen MR) is 107 cm³/mol. The average molecular weight is 387 g/mol. The van der Waals surface area contributed by atoms with E-state index in [-0.39, 0.29) is 35.5 Å². The van der Waals surface area contributed by atoms with Gasteiger partial charge in [-0.3, -0.25) is 14.5 Å². The summed E-state index contributed by atoms with van der Waals surface area (Å²) in [6.45, 7) is 0. The summed E-state index contributed by atoms with van der Waals surface area (Å²) in [6, 6.07) is 14.6. The van der Waals surface area contributed by atoms with E-state index in [9.17, 15) is 9.59 Å². The highest BCUT2D eigenvalue weighted by Gasteiger charge is 2.67. The number of carbonyl (C=O) groups excluding carboxylic acids is 2. The van der Waals surface area contributed by atoms with Crippen molar-refractivity contribution < 1.29 is 19.1 Å². The van der Waals surface area contributed by atoms with Gasteiger partial charge >= 0.3 is 0 Å². The van der Waals surface area contributed by atoms with Crippen molar-refractivity contribution in [3.8, 4) is 17.2 Å². The Bertz CT molecular complexity index is 1010. The number of benzene rings is 2. The summed E-state index contributed by atoms with van der Waals surface area (Å²) >= 11 is 0. The lowest BCUT2D eigenvalue weighted by Gasteiger charge is -2.37. The van der Waals surface area contributed by atoms with E-state index in [1.165, 1.54) is 11.3 Å². The van der Waals surface area contributed by atoms with Gasteiger partial charge in [0.2, 0.25) is 11.8 Å². The minimum atomic E-state index is -0.175. The molecule has 5 aliphatic rings. The molecule has 2 aromatic carbocycles. The Labute approximate surface area is 168 Å². The second-order valence-corrected chi connectivity index (χ2v) is 8.41. The molecular formula is C24H21NO4. The van der Waals surface area contributed by atoms with Gasteiger partial charge in [-0.05, 0) is 66.5 Å². The standard InChI is InChI=1S/C24H21NO4/c1-28-19-4-2-3-5-20(19)29-14-8-6-13(7-9-14)25-23(26)21-15-10-11-16(18-12-17(15)18)22(21)24(25)27/h2-11,15-18,21-22H,12H2,1H3/t15-,16+,17-,18+,21+,22-. The van der Waals surface area contributed by atoms with Crippen LogP contribution in [0.1, 0.15) is 6.42 Å². The van der Waals surface area contributed by atoms with Crippen molar-refractivity contribution in [1.82, 2.24) is 0 Å². The van der Waals surface area contributed by atoms with Crippen molar-refractivity contribution >= 4 is 17.5 Å². The monoisotopic (exact) mass is 387 g/mol. The number of rotatable bonds is 4. The van der Waals surface area contributed by atoms with Gasteiger partial charge in [0.15, 0.2) is 11.5 Å². The first kappa shape index (κ1) is 16.8. The molecule has 0 aromatic heterocycles. The molecule has 1 saturated heterocycles. The van der Waals surface area contributed by atoms with Gasteiger partial charge in [-0.2, -0.15) is 0 Å². The number of hydrogen-bond donors (Lipinski definition) is 0. The molecule has 7 rings (SSSR count). The fraction of sp³-hybridized carbons (Fsp3) is 0.333. The van der Waals surface area contributed by atoms with E-state index in [1.54, 1.807) is 31.4 Å². The lowest BCUT2D eigenvalue weighted by Crippen LogP contribution is -2.40. The van der Waals surface area contributed by atoms with E-state index in [2.05, 4.69) is 12.2 Å². The molecule has 1 aliphatic heterocycles. The summed E-state index contributed by atoms with van der Waals surface area (Å²) in [5, 5.41) is 0. The summed E-state index contributed by atoms with van der Waals surface area (Å²) in [7, 11) is 1.60. The second kappa shape index (κ2) is 5.96. The van der Waals surface area contributed by atoms with Crippen molar-refractivity contribution in [3.63, 3.8) is 0 Å². The third-order valence-corrected chi connectivity index (χ3v) is 7.05. The largest absolute Gasteiger partial charge is 0.493 e. The van der Waals surface area contributed by atoms with Crippen LogP contribution in [0.2, 0.25) is 0 Å². The van der Waals surface area contributed by atoms with Gasteiger partial charge in [-0.25, -0.2) is 0 Å². The number of amides is 2.